The van der Waals surface area contributed by atoms with Gasteiger partial charge in [0.2, 0.25) is 0 Å². The largest absolute Gasteiger partial charge is 0.497 e. The Morgan fingerprint density at radius 1 is 1.10 bits per heavy atom. The quantitative estimate of drug-likeness (QED) is 0.737. The summed E-state index contributed by atoms with van der Waals surface area (Å²) < 4.78 is 5.33. The average molecular weight is 280 g/mol. The van der Waals surface area contributed by atoms with Crippen LogP contribution in [0, 0.1) is 6.92 Å². The molecule has 0 amide bonds. The second kappa shape index (κ2) is 5.92. The van der Waals surface area contributed by atoms with Crippen molar-refractivity contribution < 1.29 is 4.74 Å². The first-order valence-electron chi connectivity index (χ1n) is 7.22. The third-order valence-corrected chi connectivity index (χ3v) is 3.80. The summed E-state index contributed by atoms with van der Waals surface area (Å²) in [5.41, 5.74) is 4.91. The molecule has 0 spiro atoms. The van der Waals surface area contributed by atoms with Crippen molar-refractivity contribution in [1.29, 1.82) is 0 Å². The number of ether oxygens (including phenoxy) is 1. The highest BCUT2D eigenvalue weighted by molar-refractivity contribution is 5.86. The molecule has 0 fully saturated rings. The van der Waals surface area contributed by atoms with Crippen LogP contribution in [0.25, 0.3) is 10.9 Å². The number of fused-ring (bicyclic) bond motifs is 1. The minimum absolute atomic E-state index is 0.902. The van der Waals surface area contributed by atoms with Crippen LogP contribution in [0.3, 0.4) is 0 Å². The summed E-state index contributed by atoms with van der Waals surface area (Å²) >= 11 is 0. The normalized spacial score (nSPS) is 10.8. The maximum absolute atomic E-state index is 5.33. The van der Waals surface area contributed by atoms with Gasteiger partial charge in [-0.25, -0.2) is 0 Å². The van der Waals surface area contributed by atoms with Gasteiger partial charge in [-0.1, -0.05) is 18.2 Å². The van der Waals surface area contributed by atoms with Crippen molar-refractivity contribution >= 4 is 16.6 Å². The number of H-pyrrole nitrogens is 1. The van der Waals surface area contributed by atoms with E-state index in [1.165, 1.54) is 22.2 Å². The highest BCUT2D eigenvalue weighted by Crippen LogP contribution is 2.26. The van der Waals surface area contributed by atoms with E-state index in [1.807, 2.05) is 24.3 Å². The zero-order chi connectivity index (χ0) is 14.7. The predicted octanol–water partition coefficient (Wildman–Crippen LogP) is 4.14. The van der Waals surface area contributed by atoms with Crippen molar-refractivity contribution in [3.63, 3.8) is 0 Å². The Morgan fingerprint density at radius 2 is 1.90 bits per heavy atom. The van der Waals surface area contributed by atoms with Gasteiger partial charge < -0.3 is 15.0 Å². The van der Waals surface area contributed by atoms with E-state index >= 15 is 0 Å². The highest BCUT2D eigenvalue weighted by Gasteiger charge is 2.09. The third-order valence-electron chi connectivity index (χ3n) is 3.80. The van der Waals surface area contributed by atoms with Crippen molar-refractivity contribution in [2.24, 2.45) is 0 Å². The number of rotatable bonds is 5. The maximum atomic E-state index is 5.33. The first-order chi connectivity index (χ1) is 10.3. The Hall–Kier alpha value is -2.42. The summed E-state index contributed by atoms with van der Waals surface area (Å²) in [5.74, 6) is 0.902. The van der Waals surface area contributed by atoms with Crippen LogP contribution in [0.15, 0.2) is 48.5 Å². The number of hydrogen-bond acceptors (Lipinski definition) is 2. The molecule has 0 aliphatic rings. The van der Waals surface area contributed by atoms with Gasteiger partial charge in [0.05, 0.1) is 7.11 Å². The van der Waals surface area contributed by atoms with Gasteiger partial charge >= 0.3 is 0 Å². The molecule has 0 unspecified atom stereocenters. The number of aromatic nitrogens is 1. The molecule has 2 aromatic carbocycles. The predicted molar refractivity (Wildman–Crippen MR) is 88.2 cm³/mol. The molecule has 3 heteroatoms. The van der Waals surface area contributed by atoms with Crippen LogP contribution in [0.1, 0.15) is 11.3 Å². The first kappa shape index (κ1) is 13.6. The van der Waals surface area contributed by atoms with E-state index in [2.05, 4.69) is 41.5 Å². The number of benzene rings is 2. The zero-order valence-electron chi connectivity index (χ0n) is 12.4. The van der Waals surface area contributed by atoms with Crippen LogP contribution in [0.4, 0.5) is 5.69 Å². The molecular weight excluding hydrogens is 260 g/mol. The zero-order valence-corrected chi connectivity index (χ0v) is 12.4. The van der Waals surface area contributed by atoms with E-state index in [0.29, 0.717) is 0 Å². The van der Waals surface area contributed by atoms with Gasteiger partial charge in [0.1, 0.15) is 5.75 Å². The summed E-state index contributed by atoms with van der Waals surface area (Å²) in [6.45, 7) is 3.04. The lowest BCUT2D eigenvalue weighted by Crippen LogP contribution is -2.05. The van der Waals surface area contributed by atoms with Crippen molar-refractivity contribution in [3.05, 3.63) is 59.8 Å². The second-order valence-corrected chi connectivity index (χ2v) is 5.18. The molecule has 0 radical (unpaired) electrons. The van der Waals surface area contributed by atoms with Crippen molar-refractivity contribution in [2.75, 3.05) is 19.0 Å². The summed E-state index contributed by atoms with van der Waals surface area (Å²) in [6.07, 6.45) is 0.980. The Bertz CT molecular complexity index is 732. The lowest BCUT2D eigenvalue weighted by Gasteiger charge is -2.07. The molecule has 3 nitrogen and oxygen atoms in total. The van der Waals surface area contributed by atoms with Crippen LogP contribution in [-0.2, 0) is 6.42 Å². The van der Waals surface area contributed by atoms with E-state index in [0.717, 1.165) is 24.4 Å². The molecule has 3 rings (SSSR count). The summed E-state index contributed by atoms with van der Waals surface area (Å²) in [6, 6.07) is 16.5. The second-order valence-electron chi connectivity index (χ2n) is 5.18. The standard InChI is InChI=1S/C18H20N2O/c1-13-16(10-11-19-14-6-4-3-5-7-14)17-12-15(21-2)8-9-18(17)20-13/h3-9,12,19-20H,10-11H2,1-2H3. The van der Waals surface area contributed by atoms with E-state index in [-0.39, 0.29) is 0 Å². The molecule has 0 atom stereocenters. The summed E-state index contributed by atoms with van der Waals surface area (Å²) in [7, 11) is 1.71. The maximum Gasteiger partial charge on any atom is 0.119 e. The van der Waals surface area contributed by atoms with Gasteiger partial charge in [-0.05, 0) is 49.2 Å². The number of anilines is 1. The molecule has 0 aliphatic carbocycles. The van der Waals surface area contributed by atoms with Crippen LogP contribution in [-0.4, -0.2) is 18.6 Å². The Balaban J connectivity index is 1.78. The topological polar surface area (TPSA) is 37.0 Å². The van der Waals surface area contributed by atoms with E-state index in [9.17, 15) is 0 Å². The van der Waals surface area contributed by atoms with E-state index in [1.54, 1.807) is 7.11 Å². The first-order valence-corrected chi connectivity index (χ1v) is 7.22. The van der Waals surface area contributed by atoms with Crippen LogP contribution in [0.5, 0.6) is 5.75 Å². The molecule has 0 bridgehead atoms. The molecule has 21 heavy (non-hydrogen) atoms. The minimum Gasteiger partial charge on any atom is -0.497 e. The minimum atomic E-state index is 0.902. The summed E-state index contributed by atoms with van der Waals surface area (Å²) in [5, 5.41) is 4.71. The van der Waals surface area contributed by atoms with E-state index < -0.39 is 0 Å². The fraction of sp³-hybridized carbons (Fsp3) is 0.222. The van der Waals surface area contributed by atoms with Gasteiger partial charge in [0, 0.05) is 28.8 Å². The van der Waals surface area contributed by atoms with Gasteiger partial charge in [0.15, 0.2) is 0 Å². The molecule has 3 aromatic rings. The molecule has 0 saturated carbocycles. The Kier molecular flexibility index (Phi) is 3.82. The van der Waals surface area contributed by atoms with Gasteiger partial charge in [0.25, 0.3) is 0 Å². The molecular formula is C18H20N2O. The molecule has 2 N–H and O–H groups in total. The summed E-state index contributed by atoms with van der Waals surface area (Å²) in [4.78, 5) is 3.44. The van der Waals surface area contributed by atoms with Gasteiger partial charge in [-0.2, -0.15) is 0 Å². The molecule has 108 valence electrons. The molecule has 1 aromatic heterocycles. The van der Waals surface area contributed by atoms with Crippen LogP contribution in [0.2, 0.25) is 0 Å². The average Bonchev–Trinajstić information content (AvgIpc) is 2.83. The molecule has 1 heterocycles. The fourth-order valence-electron chi connectivity index (χ4n) is 2.70. The van der Waals surface area contributed by atoms with Crippen molar-refractivity contribution in [2.45, 2.75) is 13.3 Å². The SMILES string of the molecule is COc1ccc2[nH]c(C)c(CCNc3ccccc3)c2c1. The Morgan fingerprint density at radius 3 is 2.67 bits per heavy atom. The lowest BCUT2D eigenvalue weighted by molar-refractivity contribution is 0.415. The van der Waals surface area contributed by atoms with Crippen molar-refractivity contribution in [3.8, 4) is 5.75 Å². The smallest absolute Gasteiger partial charge is 0.119 e. The number of nitrogens with one attached hydrogen (secondary N) is 2. The molecule has 0 saturated heterocycles. The van der Waals surface area contributed by atoms with Crippen LogP contribution < -0.4 is 10.1 Å². The third kappa shape index (κ3) is 2.87. The monoisotopic (exact) mass is 280 g/mol. The Labute approximate surface area is 125 Å². The number of para-hydroxylation sites is 1. The van der Waals surface area contributed by atoms with Gasteiger partial charge in [-0.15, -0.1) is 0 Å². The number of hydrogen-bond donors (Lipinski definition) is 2. The molecule has 0 aliphatic heterocycles. The van der Waals surface area contributed by atoms with Gasteiger partial charge in [-0.3, -0.25) is 0 Å². The fourth-order valence-corrected chi connectivity index (χ4v) is 2.70. The van der Waals surface area contributed by atoms with Crippen LogP contribution >= 0.6 is 0 Å². The number of aromatic amines is 1. The number of methoxy groups -OCH3 is 1. The van der Waals surface area contributed by atoms with Crippen molar-refractivity contribution in [1.82, 2.24) is 4.98 Å². The highest BCUT2D eigenvalue weighted by atomic mass is 16.5. The number of aryl methyl sites for hydroxylation is 1. The lowest BCUT2D eigenvalue weighted by atomic mass is 10.1. The van der Waals surface area contributed by atoms with E-state index in [4.69, 9.17) is 4.74 Å².